The maximum atomic E-state index is 3.62. The van der Waals surface area contributed by atoms with Gasteiger partial charge >= 0.3 is 0 Å². The van der Waals surface area contributed by atoms with Crippen LogP contribution in [0.5, 0.6) is 0 Å². The molecule has 1 heteroatoms. The fourth-order valence-corrected chi connectivity index (χ4v) is 1.92. The Bertz CT molecular complexity index is 291. The van der Waals surface area contributed by atoms with E-state index in [4.69, 9.17) is 0 Å². The number of benzene rings is 1. The van der Waals surface area contributed by atoms with E-state index in [0.717, 1.165) is 0 Å². The van der Waals surface area contributed by atoms with E-state index in [2.05, 4.69) is 57.3 Å². The van der Waals surface area contributed by atoms with Crippen molar-refractivity contribution in [3.63, 3.8) is 0 Å². The van der Waals surface area contributed by atoms with Gasteiger partial charge in [-0.15, -0.1) is 0 Å². The van der Waals surface area contributed by atoms with E-state index in [1.165, 1.54) is 24.0 Å². The predicted octanol–water partition coefficient (Wildman–Crippen LogP) is 3.83. The van der Waals surface area contributed by atoms with Crippen LogP contribution in [0.1, 0.15) is 50.8 Å². The second kappa shape index (κ2) is 5.92. The van der Waals surface area contributed by atoms with Crippen LogP contribution in [0.15, 0.2) is 24.3 Å². The van der Waals surface area contributed by atoms with Crippen molar-refractivity contribution in [2.45, 2.75) is 52.6 Å². The SMILES string of the molecule is CCCC(NC(C)C)c1cccc(C)c1. The first-order chi connectivity index (χ1) is 7.13. The molecule has 1 aromatic rings. The fraction of sp³-hybridized carbons (Fsp3) is 0.571. The van der Waals surface area contributed by atoms with Crippen molar-refractivity contribution in [3.05, 3.63) is 35.4 Å². The van der Waals surface area contributed by atoms with Crippen molar-refractivity contribution >= 4 is 0 Å². The van der Waals surface area contributed by atoms with Crippen molar-refractivity contribution < 1.29 is 0 Å². The zero-order chi connectivity index (χ0) is 11.3. The van der Waals surface area contributed by atoms with Crippen molar-refractivity contribution in [1.82, 2.24) is 5.32 Å². The Balaban J connectivity index is 2.78. The lowest BCUT2D eigenvalue weighted by Crippen LogP contribution is -2.28. The number of nitrogens with one attached hydrogen (secondary N) is 1. The van der Waals surface area contributed by atoms with Gasteiger partial charge in [0.05, 0.1) is 0 Å². The minimum atomic E-state index is 0.509. The summed E-state index contributed by atoms with van der Waals surface area (Å²) in [5.41, 5.74) is 2.77. The predicted molar refractivity (Wildman–Crippen MR) is 67.1 cm³/mol. The van der Waals surface area contributed by atoms with Crippen molar-refractivity contribution in [3.8, 4) is 0 Å². The molecule has 1 unspecified atom stereocenters. The average Bonchev–Trinajstić information content (AvgIpc) is 2.16. The molecule has 0 fully saturated rings. The Kier molecular flexibility index (Phi) is 4.83. The van der Waals surface area contributed by atoms with Crippen LogP contribution in [0.3, 0.4) is 0 Å². The highest BCUT2D eigenvalue weighted by atomic mass is 14.9. The summed E-state index contributed by atoms with van der Waals surface area (Å²) in [6.45, 7) is 8.81. The monoisotopic (exact) mass is 205 g/mol. The highest BCUT2D eigenvalue weighted by molar-refractivity contribution is 5.25. The second-order valence-corrected chi connectivity index (χ2v) is 4.58. The van der Waals surface area contributed by atoms with Crippen LogP contribution in [0.25, 0.3) is 0 Å². The van der Waals surface area contributed by atoms with E-state index in [9.17, 15) is 0 Å². The minimum Gasteiger partial charge on any atom is -0.308 e. The molecule has 0 bridgehead atoms. The summed E-state index contributed by atoms with van der Waals surface area (Å²) in [5.74, 6) is 0. The first kappa shape index (κ1) is 12.3. The fourth-order valence-electron chi connectivity index (χ4n) is 1.92. The lowest BCUT2D eigenvalue weighted by atomic mass is 10.00. The van der Waals surface area contributed by atoms with Gasteiger partial charge in [0, 0.05) is 12.1 Å². The van der Waals surface area contributed by atoms with E-state index >= 15 is 0 Å². The first-order valence-corrected chi connectivity index (χ1v) is 5.96. The van der Waals surface area contributed by atoms with Gasteiger partial charge in [0.25, 0.3) is 0 Å². The van der Waals surface area contributed by atoms with Crippen LogP contribution in [0.4, 0.5) is 0 Å². The molecule has 0 saturated heterocycles. The van der Waals surface area contributed by atoms with Gasteiger partial charge in [0.2, 0.25) is 0 Å². The summed E-state index contributed by atoms with van der Waals surface area (Å²) in [6.07, 6.45) is 2.43. The number of rotatable bonds is 5. The zero-order valence-electron chi connectivity index (χ0n) is 10.4. The third-order valence-electron chi connectivity index (χ3n) is 2.56. The van der Waals surface area contributed by atoms with Gasteiger partial charge in [-0.2, -0.15) is 0 Å². The van der Waals surface area contributed by atoms with Crippen LogP contribution in [-0.2, 0) is 0 Å². The molecule has 1 atom stereocenters. The van der Waals surface area contributed by atoms with Crippen LogP contribution in [0, 0.1) is 6.92 Å². The average molecular weight is 205 g/mol. The van der Waals surface area contributed by atoms with Crippen molar-refractivity contribution in [1.29, 1.82) is 0 Å². The molecule has 0 spiro atoms. The van der Waals surface area contributed by atoms with Gasteiger partial charge < -0.3 is 5.32 Å². The van der Waals surface area contributed by atoms with Gasteiger partial charge in [-0.25, -0.2) is 0 Å². The Morgan fingerprint density at radius 2 is 2.00 bits per heavy atom. The molecule has 0 aliphatic rings. The quantitative estimate of drug-likeness (QED) is 0.770. The number of hydrogen-bond acceptors (Lipinski definition) is 1. The summed E-state index contributed by atoms with van der Waals surface area (Å²) < 4.78 is 0. The molecule has 15 heavy (non-hydrogen) atoms. The summed E-state index contributed by atoms with van der Waals surface area (Å²) in [7, 11) is 0. The van der Waals surface area contributed by atoms with Gasteiger partial charge in [-0.05, 0) is 18.9 Å². The summed E-state index contributed by atoms with van der Waals surface area (Å²) in [6, 6.07) is 9.87. The van der Waals surface area contributed by atoms with E-state index < -0.39 is 0 Å². The minimum absolute atomic E-state index is 0.509. The molecular formula is C14H23N. The molecule has 0 heterocycles. The van der Waals surface area contributed by atoms with Gasteiger partial charge in [0.15, 0.2) is 0 Å². The van der Waals surface area contributed by atoms with Crippen LogP contribution in [0.2, 0.25) is 0 Å². The maximum absolute atomic E-state index is 3.62. The molecule has 0 aliphatic carbocycles. The van der Waals surface area contributed by atoms with Crippen LogP contribution < -0.4 is 5.32 Å². The molecule has 0 radical (unpaired) electrons. The molecule has 0 saturated carbocycles. The van der Waals surface area contributed by atoms with Gasteiger partial charge in [-0.3, -0.25) is 0 Å². The first-order valence-electron chi connectivity index (χ1n) is 5.96. The molecule has 0 aromatic heterocycles. The Morgan fingerprint density at radius 1 is 1.27 bits per heavy atom. The van der Waals surface area contributed by atoms with E-state index in [1.54, 1.807) is 0 Å². The standard InChI is InChI=1S/C14H23N/c1-5-7-14(15-11(2)3)13-9-6-8-12(4)10-13/h6,8-11,14-15H,5,7H2,1-4H3. The summed E-state index contributed by atoms with van der Waals surface area (Å²) in [4.78, 5) is 0. The third-order valence-corrected chi connectivity index (χ3v) is 2.56. The van der Waals surface area contributed by atoms with Gasteiger partial charge in [-0.1, -0.05) is 57.0 Å². The molecule has 0 amide bonds. The largest absolute Gasteiger partial charge is 0.308 e. The topological polar surface area (TPSA) is 12.0 Å². The normalized spacial score (nSPS) is 13.1. The summed E-state index contributed by atoms with van der Waals surface area (Å²) in [5, 5.41) is 3.62. The van der Waals surface area contributed by atoms with Crippen LogP contribution in [-0.4, -0.2) is 6.04 Å². The van der Waals surface area contributed by atoms with E-state index in [1.807, 2.05) is 0 Å². The molecule has 1 rings (SSSR count). The molecular weight excluding hydrogens is 182 g/mol. The van der Waals surface area contributed by atoms with E-state index in [-0.39, 0.29) is 0 Å². The number of hydrogen-bond donors (Lipinski definition) is 1. The lowest BCUT2D eigenvalue weighted by molar-refractivity contribution is 0.448. The van der Waals surface area contributed by atoms with Gasteiger partial charge in [0.1, 0.15) is 0 Å². The van der Waals surface area contributed by atoms with E-state index in [0.29, 0.717) is 12.1 Å². The smallest absolute Gasteiger partial charge is 0.0322 e. The maximum Gasteiger partial charge on any atom is 0.0322 e. The van der Waals surface area contributed by atoms with Crippen molar-refractivity contribution in [2.75, 3.05) is 0 Å². The molecule has 1 nitrogen and oxygen atoms in total. The lowest BCUT2D eigenvalue weighted by Gasteiger charge is -2.21. The second-order valence-electron chi connectivity index (χ2n) is 4.58. The number of aryl methyl sites for hydroxylation is 1. The molecule has 1 aromatic carbocycles. The highest BCUT2D eigenvalue weighted by Gasteiger charge is 2.10. The third kappa shape index (κ3) is 4.05. The molecule has 0 aliphatic heterocycles. The Morgan fingerprint density at radius 3 is 2.53 bits per heavy atom. The zero-order valence-corrected chi connectivity index (χ0v) is 10.4. The highest BCUT2D eigenvalue weighted by Crippen LogP contribution is 2.19. The summed E-state index contributed by atoms with van der Waals surface area (Å²) >= 11 is 0. The Hall–Kier alpha value is -0.820. The van der Waals surface area contributed by atoms with Crippen LogP contribution >= 0.6 is 0 Å². The van der Waals surface area contributed by atoms with Crippen molar-refractivity contribution in [2.24, 2.45) is 0 Å². The molecule has 1 N–H and O–H groups in total. The molecule has 84 valence electrons. The Labute approximate surface area is 93.9 Å².